The van der Waals surface area contributed by atoms with E-state index in [2.05, 4.69) is 10.6 Å². The minimum absolute atomic E-state index is 0.00617. The zero-order valence-electron chi connectivity index (χ0n) is 17.1. The molecule has 0 saturated carbocycles. The van der Waals surface area contributed by atoms with Gasteiger partial charge in [-0.3, -0.25) is 4.79 Å². The summed E-state index contributed by atoms with van der Waals surface area (Å²) in [6, 6.07) is 20.2. The predicted octanol–water partition coefficient (Wildman–Crippen LogP) is 5.85. The van der Waals surface area contributed by atoms with Crippen molar-refractivity contribution in [2.45, 2.75) is 26.0 Å². The molecule has 31 heavy (non-hydrogen) atoms. The van der Waals surface area contributed by atoms with Gasteiger partial charge >= 0.3 is 6.09 Å². The topological polar surface area (TPSA) is 87.7 Å². The van der Waals surface area contributed by atoms with Gasteiger partial charge in [-0.25, -0.2) is 4.79 Å². The Bertz CT molecular complexity index is 1050. The third kappa shape index (κ3) is 5.99. The SMILES string of the molecule is C[C@H](NC(=O)O[C@H](C)c1ccc(C(=O)Nc2ccccc2O)cc1)c1ccc(Cl)cc1. The molecule has 2 amide bonds. The van der Waals surface area contributed by atoms with Crippen LogP contribution >= 0.6 is 11.6 Å². The summed E-state index contributed by atoms with van der Waals surface area (Å²) in [7, 11) is 0. The van der Waals surface area contributed by atoms with E-state index in [9.17, 15) is 14.7 Å². The predicted molar refractivity (Wildman–Crippen MR) is 120 cm³/mol. The maximum absolute atomic E-state index is 12.4. The van der Waals surface area contributed by atoms with Crippen LogP contribution in [0.5, 0.6) is 5.75 Å². The van der Waals surface area contributed by atoms with E-state index < -0.39 is 12.2 Å². The van der Waals surface area contributed by atoms with E-state index in [1.807, 2.05) is 19.1 Å². The van der Waals surface area contributed by atoms with E-state index in [1.54, 1.807) is 61.5 Å². The molecule has 0 aliphatic heterocycles. The van der Waals surface area contributed by atoms with Gasteiger partial charge in [-0.2, -0.15) is 0 Å². The number of hydrogen-bond donors (Lipinski definition) is 3. The van der Waals surface area contributed by atoms with Gasteiger partial charge in [0.2, 0.25) is 0 Å². The van der Waals surface area contributed by atoms with Crippen molar-refractivity contribution in [1.29, 1.82) is 0 Å². The first-order valence-corrected chi connectivity index (χ1v) is 10.1. The molecule has 0 unspecified atom stereocenters. The van der Waals surface area contributed by atoms with Gasteiger partial charge in [-0.1, -0.05) is 48.0 Å². The highest BCUT2D eigenvalue weighted by molar-refractivity contribution is 6.30. The smallest absolute Gasteiger partial charge is 0.408 e. The summed E-state index contributed by atoms with van der Waals surface area (Å²) in [5.41, 5.74) is 2.40. The number of anilines is 1. The molecule has 0 saturated heterocycles. The summed E-state index contributed by atoms with van der Waals surface area (Å²) in [6.45, 7) is 3.61. The number of carbonyl (C=O) groups excluding carboxylic acids is 2. The maximum atomic E-state index is 12.4. The lowest BCUT2D eigenvalue weighted by atomic mass is 10.1. The van der Waals surface area contributed by atoms with Crippen molar-refractivity contribution in [2.24, 2.45) is 0 Å². The average molecular weight is 439 g/mol. The molecule has 0 bridgehead atoms. The summed E-state index contributed by atoms with van der Waals surface area (Å²) in [5.74, 6) is -0.357. The van der Waals surface area contributed by atoms with E-state index in [4.69, 9.17) is 16.3 Å². The molecular formula is C24H23ClN2O4. The molecule has 2 atom stereocenters. The molecule has 160 valence electrons. The van der Waals surface area contributed by atoms with E-state index >= 15 is 0 Å². The molecule has 3 rings (SSSR count). The standard InChI is InChI=1S/C24H23ClN2O4/c1-15(17-11-13-20(25)14-12-17)26-24(30)31-16(2)18-7-9-19(10-8-18)23(29)27-21-5-3-4-6-22(21)28/h3-16,28H,1-2H3,(H,26,30)(H,27,29)/t15-,16+/m0/s1. The number of halogens is 1. The Hall–Kier alpha value is -3.51. The maximum Gasteiger partial charge on any atom is 0.408 e. The van der Waals surface area contributed by atoms with Crippen molar-refractivity contribution in [2.75, 3.05) is 5.32 Å². The number of amides is 2. The van der Waals surface area contributed by atoms with Crippen molar-refractivity contribution < 1.29 is 19.4 Å². The quantitative estimate of drug-likeness (QED) is 0.421. The Morgan fingerprint density at radius 3 is 2.16 bits per heavy atom. The summed E-state index contributed by atoms with van der Waals surface area (Å²) in [6.07, 6.45) is -1.05. The number of ether oxygens (including phenoxy) is 1. The third-order valence-electron chi connectivity index (χ3n) is 4.78. The molecule has 0 spiro atoms. The Morgan fingerprint density at radius 1 is 0.903 bits per heavy atom. The summed E-state index contributed by atoms with van der Waals surface area (Å²) >= 11 is 5.89. The number of benzene rings is 3. The first-order valence-electron chi connectivity index (χ1n) is 9.75. The summed E-state index contributed by atoms with van der Waals surface area (Å²) in [5, 5.41) is 15.9. The molecule has 3 aromatic carbocycles. The Morgan fingerprint density at radius 2 is 1.52 bits per heavy atom. The lowest BCUT2D eigenvalue weighted by molar-refractivity contribution is 0.101. The van der Waals surface area contributed by atoms with Crippen LogP contribution in [0.25, 0.3) is 0 Å². The average Bonchev–Trinajstić information content (AvgIpc) is 2.75. The van der Waals surface area contributed by atoms with Crippen LogP contribution in [0.15, 0.2) is 72.8 Å². The third-order valence-corrected chi connectivity index (χ3v) is 5.03. The van der Waals surface area contributed by atoms with E-state index in [0.29, 0.717) is 16.3 Å². The monoisotopic (exact) mass is 438 g/mol. The Balaban J connectivity index is 1.56. The van der Waals surface area contributed by atoms with Crippen molar-refractivity contribution in [3.8, 4) is 5.75 Å². The Kier molecular flexibility index (Phi) is 7.15. The number of phenolic OH excluding ortho intramolecular Hbond substituents is 1. The van der Waals surface area contributed by atoms with Crippen LogP contribution in [-0.4, -0.2) is 17.1 Å². The van der Waals surface area contributed by atoms with Gasteiger partial charge in [-0.15, -0.1) is 0 Å². The van der Waals surface area contributed by atoms with Crippen LogP contribution in [0.3, 0.4) is 0 Å². The fourth-order valence-electron chi connectivity index (χ4n) is 2.95. The lowest BCUT2D eigenvalue weighted by Crippen LogP contribution is -2.28. The zero-order valence-corrected chi connectivity index (χ0v) is 17.9. The van der Waals surface area contributed by atoms with E-state index in [0.717, 1.165) is 11.1 Å². The first-order chi connectivity index (χ1) is 14.8. The fourth-order valence-corrected chi connectivity index (χ4v) is 3.08. The highest BCUT2D eigenvalue weighted by Crippen LogP contribution is 2.23. The highest BCUT2D eigenvalue weighted by atomic mass is 35.5. The van der Waals surface area contributed by atoms with Crippen LogP contribution in [0.4, 0.5) is 10.5 Å². The molecule has 7 heteroatoms. The summed E-state index contributed by atoms with van der Waals surface area (Å²) < 4.78 is 5.45. The van der Waals surface area contributed by atoms with Crippen LogP contribution < -0.4 is 10.6 Å². The van der Waals surface area contributed by atoms with Gasteiger partial charge in [0, 0.05) is 10.6 Å². The van der Waals surface area contributed by atoms with Crippen LogP contribution in [0, 0.1) is 0 Å². The van der Waals surface area contributed by atoms with Crippen molar-refractivity contribution >= 4 is 29.3 Å². The molecule has 6 nitrogen and oxygen atoms in total. The fraction of sp³-hybridized carbons (Fsp3) is 0.167. The molecule has 0 heterocycles. The van der Waals surface area contributed by atoms with E-state index in [1.165, 1.54) is 6.07 Å². The lowest BCUT2D eigenvalue weighted by Gasteiger charge is -2.18. The first kappa shape index (κ1) is 22.2. The number of nitrogens with one attached hydrogen (secondary N) is 2. The van der Waals surface area contributed by atoms with Gasteiger partial charge in [0.05, 0.1) is 11.7 Å². The van der Waals surface area contributed by atoms with Crippen molar-refractivity contribution in [3.05, 3.63) is 94.5 Å². The number of carbonyl (C=O) groups is 2. The minimum atomic E-state index is -0.545. The molecule has 0 aliphatic rings. The summed E-state index contributed by atoms with van der Waals surface area (Å²) in [4.78, 5) is 24.6. The minimum Gasteiger partial charge on any atom is -0.506 e. The second-order valence-electron chi connectivity index (χ2n) is 7.06. The van der Waals surface area contributed by atoms with Gasteiger partial charge < -0.3 is 20.5 Å². The molecular weight excluding hydrogens is 416 g/mol. The van der Waals surface area contributed by atoms with Gasteiger partial charge in [0.1, 0.15) is 11.9 Å². The van der Waals surface area contributed by atoms with Gasteiger partial charge in [0.25, 0.3) is 5.91 Å². The largest absolute Gasteiger partial charge is 0.506 e. The number of rotatable bonds is 6. The second-order valence-corrected chi connectivity index (χ2v) is 7.49. The Labute approximate surface area is 185 Å². The number of phenols is 1. The molecule has 0 aliphatic carbocycles. The number of aromatic hydroxyl groups is 1. The van der Waals surface area contributed by atoms with Crippen LogP contribution in [0.2, 0.25) is 5.02 Å². The molecule has 3 N–H and O–H groups in total. The van der Waals surface area contributed by atoms with Crippen molar-refractivity contribution in [1.82, 2.24) is 5.32 Å². The number of para-hydroxylation sites is 2. The number of hydrogen-bond acceptors (Lipinski definition) is 4. The molecule has 3 aromatic rings. The van der Waals surface area contributed by atoms with E-state index in [-0.39, 0.29) is 17.7 Å². The van der Waals surface area contributed by atoms with Gasteiger partial charge in [0.15, 0.2) is 0 Å². The van der Waals surface area contributed by atoms with Crippen LogP contribution in [-0.2, 0) is 4.74 Å². The van der Waals surface area contributed by atoms with Gasteiger partial charge in [-0.05, 0) is 61.4 Å². The second kappa shape index (κ2) is 10.00. The van der Waals surface area contributed by atoms with Crippen molar-refractivity contribution in [3.63, 3.8) is 0 Å². The molecule has 0 fully saturated rings. The molecule has 0 radical (unpaired) electrons. The molecule has 0 aromatic heterocycles. The zero-order chi connectivity index (χ0) is 22.4. The van der Waals surface area contributed by atoms with Crippen LogP contribution in [0.1, 0.15) is 47.5 Å². The number of alkyl carbamates (subject to hydrolysis) is 1. The highest BCUT2D eigenvalue weighted by Gasteiger charge is 2.16. The normalized spacial score (nSPS) is 12.5.